The molecular weight excluding hydrogens is 389 g/mol. The SMILES string of the molecule is O=C1Nc2c(cccc2C(F)(F)F)C(=O)/C1=C/NCCN1CCN(CCO)CC1. The first kappa shape index (κ1) is 21.3. The van der Waals surface area contributed by atoms with E-state index in [-0.39, 0.29) is 17.7 Å². The fourth-order valence-electron chi connectivity index (χ4n) is 3.45. The van der Waals surface area contributed by atoms with Gasteiger partial charge in [-0.15, -0.1) is 0 Å². The van der Waals surface area contributed by atoms with Crippen LogP contribution in [-0.2, 0) is 11.0 Å². The number of nitrogens with zero attached hydrogens (tertiary/aromatic N) is 2. The number of β-amino-alcohol motifs (C(OH)–C–C–N with tert-alkyl or cyclic N) is 1. The Morgan fingerprint density at radius 2 is 1.76 bits per heavy atom. The van der Waals surface area contributed by atoms with Gasteiger partial charge in [0.15, 0.2) is 0 Å². The molecule has 0 bridgehead atoms. The lowest BCUT2D eigenvalue weighted by Crippen LogP contribution is -2.48. The van der Waals surface area contributed by atoms with Crippen LogP contribution in [0, 0.1) is 0 Å². The van der Waals surface area contributed by atoms with Crippen molar-refractivity contribution in [3.05, 3.63) is 41.1 Å². The van der Waals surface area contributed by atoms with Crippen molar-refractivity contribution in [1.82, 2.24) is 15.1 Å². The van der Waals surface area contributed by atoms with Crippen molar-refractivity contribution in [2.75, 3.05) is 57.7 Å². The normalized spacial score (nSPS) is 19.9. The molecule has 0 unspecified atom stereocenters. The third-order valence-electron chi connectivity index (χ3n) is 5.04. The summed E-state index contributed by atoms with van der Waals surface area (Å²) in [6.45, 7) is 5.41. The van der Waals surface area contributed by atoms with Gasteiger partial charge in [-0.05, 0) is 12.1 Å². The van der Waals surface area contributed by atoms with E-state index in [1.54, 1.807) is 0 Å². The molecule has 2 aliphatic heterocycles. The number of aliphatic hydroxyl groups excluding tert-OH is 1. The molecule has 0 aromatic heterocycles. The van der Waals surface area contributed by atoms with E-state index in [1.807, 2.05) is 0 Å². The predicted molar refractivity (Wildman–Crippen MR) is 100 cm³/mol. The minimum Gasteiger partial charge on any atom is -0.395 e. The number of alkyl halides is 3. The van der Waals surface area contributed by atoms with Gasteiger partial charge in [0.1, 0.15) is 5.57 Å². The summed E-state index contributed by atoms with van der Waals surface area (Å²) in [5, 5.41) is 14.1. The molecule has 0 atom stereocenters. The van der Waals surface area contributed by atoms with Crippen molar-refractivity contribution >= 4 is 17.4 Å². The Morgan fingerprint density at radius 3 is 2.38 bits per heavy atom. The van der Waals surface area contributed by atoms with Crippen molar-refractivity contribution in [3.8, 4) is 0 Å². The third-order valence-corrected chi connectivity index (χ3v) is 5.04. The highest BCUT2D eigenvalue weighted by Crippen LogP contribution is 2.39. The third kappa shape index (κ3) is 4.95. The Kier molecular flexibility index (Phi) is 6.56. The van der Waals surface area contributed by atoms with Crippen molar-refractivity contribution < 1.29 is 27.9 Å². The van der Waals surface area contributed by atoms with E-state index < -0.39 is 29.1 Å². The molecule has 1 aromatic rings. The number of hydrogen-bond acceptors (Lipinski definition) is 6. The quantitative estimate of drug-likeness (QED) is 0.366. The molecule has 1 saturated heterocycles. The van der Waals surface area contributed by atoms with Gasteiger partial charge < -0.3 is 15.7 Å². The molecule has 7 nitrogen and oxygen atoms in total. The second kappa shape index (κ2) is 8.93. The second-order valence-corrected chi connectivity index (χ2v) is 6.93. The number of Topliss-reactive ketones (excluding diaryl/α,β-unsaturated/α-hetero) is 1. The molecule has 3 rings (SSSR count). The van der Waals surface area contributed by atoms with Gasteiger partial charge in [0.2, 0.25) is 5.78 Å². The van der Waals surface area contributed by atoms with Gasteiger partial charge >= 0.3 is 6.18 Å². The molecule has 1 fully saturated rings. The maximum Gasteiger partial charge on any atom is 0.418 e. The molecule has 0 aliphatic carbocycles. The molecule has 1 amide bonds. The predicted octanol–water partition coefficient (Wildman–Crippen LogP) is 0.924. The number of ketones is 1. The lowest BCUT2D eigenvalue weighted by Gasteiger charge is -2.34. The Labute approximate surface area is 166 Å². The summed E-state index contributed by atoms with van der Waals surface area (Å²) in [6, 6.07) is 3.25. The number of amides is 1. The molecule has 158 valence electrons. The summed E-state index contributed by atoms with van der Waals surface area (Å²) in [5.41, 5.74) is -1.92. The maximum absolute atomic E-state index is 13.1. The first-order valence-corrected chi connectivity index (χ1v) is 9.36. The van der Waals surface area contributed by atoms with Crippen LogP contribution in [0.5, 0.6) is 0 Å². The van der Waals surface area contributed by atoms with Crippen LogP contribution in [0.25, 0.3) is 0 Å². The van der Waals surface area contributed by atoms with Crippen molar-refractivity contribution in [3.63, 3.8) is 0 Å². The average molecular weight is 412 g/mol. The second-order valence-electron chi connectivity index (χ2n) is 6.93. The van der Waals surface area contributed by atoms with E-state index in [0.717, 1.165) is 38.3 Å². The molecule has 1 aromatic carbocycles. The number of rotatable bonds is 6. The van der Waals surface area contributed by atoms with Crippen LogP contribution >= 0.6 is 0 Å². The van der Waals surface area contributed by atoms with Crippen LogP contribution in [0.1, 0.15) is 15.9 Å². The molecule has 0 spiro atoms. The Bertz CT molecular complexity index is 802. The number of aliphatic hydroxyl groups is 1. The largest absolute Gasteiger partial charge is 0.418 e. The van der Waals surface area contributed by atoms with Gasteiger partial charge in [0.05, 0.1) is 17.9 Å². The fraction of sp³-hybridized carbons (Fsp3) is 0.474. The summed E-state index contributed by atoms with van der Waals surface area (Å²) in [4.78, 5) is 29.1. The number of hydrogen-bond donors (Lipinski definition) is 3. The molecule has 10 heteroatoms. The van der Waals surface area contributed by atoms with Crippen LogP contribution in [0.15, 0.2) is 30.0 Å². The molecule has 29 heavy (non-hydrogen) atoms. The van der Waals surface area contributed by atoms with E-state index in [0.29, 0.717) is 19.6 Å². The minimum atomic E-state index is -4.67. The fourth-order valence-corrected chi connectivity index (χ4v) is 3.45. The van der Waals surface area contributed by atoms with Crippen molar-refractivity contribution in [2.24, 2.45) is 0 Å². The number of para-hydroxylation sites is 1. The zero-order valence-corrected chi connectivity index (χ0v) is 15.8. The molecular formula is C19H23F3N4O3. The van der Waals surface area contributed by atoms with Gasteiger partial charge in [-0.25, -0.2) is 0 Å². The monoisotopic (exact) mass is 412 g/mol. The highest BCUT2D eigenvalue weighted by atomic mass is 19.4. The number of nitrogens with one attached hydrogen (secondary N) is 2. The summed E-state index contributed by atoms with van der Waals surface area (Å²) < 4.78 is 39.3. The smallest absolute Gasteiger partial charge is 0.395 e. The summed E-state index contributed by atoms with van der Waals surface area (Å²) in [5.74, 6) is -1.59. The first-order chi connectivity index (χ1) is 13.8. The van der Waals surface area contributed by atoms with Crippen LogP contribution in [0.2, 0.25) is 0 Å². The molecule has 0 radical (unpaired) electrons. The number of benzene rings is 1. The van der Waals surface area contributed by atoms with E-state index in [1.165, 1.54) is 12.3 Å². The van der Waals surface area contributed by atoms with Crippen LogP contribution in [0.3, 0.4) is 0 Å². The maximum atomic E-state index is 13.1. The average Bonchev–Trinajstić information content (AvgIpc) is 2.67. The minimum absolute atomic E-state index is 0.138. The number of anilines is 1. The topological polar surface area (TPSA) is 84.9 Å². The number of halogens is 3. The first-order valence-electron chi connectivity index (χ1n) is 9.36. The van der Waals surface area contributed by atoms with Gasteiger partial charge in [-0.3, -0.25) is 19.4 Å². The molecule has 3 N–H and O–H groups in total. The number of fused-ring (bicyclic) bond motifs is 1. The van der Waals surface area contributed by atoms with Gasteiger partial charge in [0, 0.05) is 57.6 Å². The van der Waals surface area contributed by atoms with Gasteiger partial charge in [-0.1, -0.05) is 6.07 Å². The van der Waals surface area contributed by atoms with E-state index >= 15 is 0 Å². The number of carbonyl (C=O) groups is 2. The highest BCUT2D eigenvalue weighted by molar-refractivity contribution is 6.34. The van der Waals surface area contributed by atoms with Crippen molar-refractivity contribution in [2.45, 2.75) is 6.18 Å². The summed E-state index contributed by atoms with van der Waals surface area (Å²) in [6.07, 6.45) is -3.40. The Hall–Kier alpha value is -2.43. The zero-order valence-electron chi connectivity index (χ0n) is 15.8. The zero-order chi connectivity index (χ0) is 21.0. The van der Waals surface area contributed by atoms with Crippen molar-refractivity contribution in [1.29, 1.82) is 0 Å². The molecule has 2 aliphatic rings. The molecule has 2 heterocycles. The molecule has 0 saturated carbocycles. The van der Waals surface area contributed by atoms with Crippen LogP contribution < -0.4 is 10.6 Å². The van der Waals surface area contributed by atoms with E-state index in [2.05, 4.69) is 20.4 Å². The number of carbonyl (C=O) groups excluding carboxylic acids is 2. The van der Waals surface area contributed by atoms with Gasteiger partial charge in [-0.2, -0.15) is 13.2 Å². The van der Waals surface area contributed by atoms with E-state index in [9.17, 15) is 22.8 Å². The standard InChI is InChI=1S/C19H23F3N4O3/c20-19(21,22)15-3-1-2-13-16(15)24-18(29)14(17(13)28)12-23-4-5-25-6-8-26(9-7-25)10-11-27/h1-3,12,23,27H,4-11H2,(H,24,29)/b14-12-. The summed E-state index contributed by atoms with van der Waals surface area (Å²) in [7, 11) is 0. The lowest BCUT2D eigenvalue weighted by molar-refractivity contribution is -0.137. The Balaban J connectivity index is 1.59. The van der Waals surface area contributed by atoms with Crippen LogP contribution in [-0.4, -0.2) is 79.0 Å². The summed E-state index contributed by atoms with van der Waals surface area (Å²) >= 11 is 0. The highest BCUT2D eigenvalue weighted by Gasteiger charge is 2.39. The number of piperazine rings is 1. The van der Waals surface area contributed by atoms with Gasteiger partial charge in [0.25, 0.3) is 5.91 Å². The van der Waals surface area contributed by atoms with E-state index in [4.69, 9.17) is 5.11 Å². The van der Waals surface area contributed by atoms with Crippen LogP contribution in [0.4, 0.5) is 18.9 Å². The lowest BCUT2D eigenvalue weighted by atomic mass is 9.94. The Morgan fingerprint density at radius 1 is 1.10 bits per heavy atom.